The second-order valence-corrected chi connectivity index (χ2v) is 2.64. The van der Waals surface area contributed by atoms with Gasteiger partial charge in [-0.1, -0.05) is 0 Å². The van der Waals surface area contributed by atoms with Crippen LogP contribution in [-0.2, 0) is 0 Å². The summed E-state index contributed by atoms with van der Waals surface area (Å²) in [6.45, 7) is 0. The first-order valence-corrected chi connectivity index (χ1v) is 4.12. The number of furan rings is 1. The van der Waals surface area contributed by atoms with Crippen LogP contribution in [0.3, 0.4) is 0 Å². The number of rotatable bonds is 2. The highest BCUT2D eigenvalue weighted by Gasteiger charge is 1.98. The van der Waals surface area contributed by atoms with Crippen LogP contribution in [0, 0.1) is 0 Å². The quantitative estimate of drug-likeness (QED) is 0.675. The largest absolute Gasteiger partial charge is 0.465 e. The summed E-state index contributed by atoms with van der Waals surface area (Å²) in [6.07, 6.45) is 7.71. The van der Waals surface area contributed by atoms with Crippen LogP contribution in [0.15, 0.2) is 47.3 Å². The Morgan fingerprint density at radius 1 is 1.50 bits per heavy atom. The molecule has 0 amide bonds. The van der Waals surface area contributed by atoms with Gasteiger partial charge in [-0.05, 0) is 24.3 Å². The third kappa shape index (κ3) is 1.80. The summed E-state index contributed by atoms with van der Waals surface area (Å²) < 4.78 is 6.28. The van der Waals surface area contributed by atoms with Gasteiger partial charge in [0.25, 0.3) is 5.91 Å². The number of carbonyl (C=O) groups excluding carboxylic acids is 1. The predicted molar refractivity (Wildman–Crippen MR) is 50.6 cm³/mol. The van der Waals surface area contributed by atoms with Crippen LogP contribution < -0.4 is 0 Å². The molecule has 0 bridgehead atoms. The van der Waals surface area contributed by atoms with Crippen molar-refractivity contribution in [2.45, 2.75) is 0 Å². The lowest BCUT2D eigenvalue weighted by Crippen LogP contribution is -2.06. The average molecular weight is 188 g/mol. The van der Waals surface area contributed by atoms with Gasteiger partial charge >= 0.3 is 0 Å². The topological polar surface area (TPSA) is 48.0 Å². The summed E-state index contributed by atoms with van der Waals surface area (Å²) in [5.41, 5.74) is 0. The zero-order valence-electron chi connectivity index (χ0n) is 7.33. The molecule has 14 heavy (non-hydrogen) atoms. The normalized spacial score (nSPS) is 10.9. The second kappa shape index (κ2) is 3.74. The van der Waals surface area contributed by atoms with Crippen molar-refractivity contribution in [1.29, 1.82) is 0 Å². The van der Waals surface area contributed by atoms with Crippen LogP contribution >= 0.6 is 0 Å². The lowest BCUT2D eigenvalue weighted by molar-refractivity contribution is 0.0955. The van der Waals surface area contributed by atoms with E-state index in [4.69, 9.17) is 4.42 Å². The Morgan fingerprint density at radius 3 is 3.07 bits per heavy atom. The number of hydrogen-bond acceptors (Lipinski definition) is 3. The van der Waals surface area contributed by atoms with Gasteiger partial charge in [0.05, 0.1) is 6.26 Å². The van der Waals surface area contributed by atoms with Gasteiger partial charge in [-0.2, -0.15) is 5.10 Å². The van der Waals surface area contributed by atoms with E-state index in [0.29, 0.717) is 5.76 Å². The molecule has 70 valence electrons. The van der Waals surface area contributed by atoms with E-state index in [9.17, 15) is 4.79 Å². The van der Waals surface area contributed by atoms with Crippen molar-refractivity contribution in [3.63, 3.8) is 0 Å². The molecule has 0 aliphatic rings. The van der Waals surface area contributed by atoms with Crippen LogP contribution in [0.5, 0.6) is 0 Å². The standard InChI is InChI=1S/C10H8N2O2/c13-10(12-7-2-6-11-12)5-4-9-3-1-8-14-9/h1-8H. The Morgan fingerprint density at radius 2 is 2.43 bits per heavy atom. The first kappa shape index (κ1) is 8.50. The smallest absolute Gasteiger partial charge is 0.270 e. The van der Waals surface area contributed by atoms with E-state index in [0.717, 1.165) is 0 Å². The third-order valence-electron chi connectivity index (χ3n) is 1.66. The first-order valence-electron chi connectivity index (χ1n) is 4.12. The first-order chi connectivity index (χ1) is 6.86. The molecular formula is C10H8N2O2. The van der Waals surface area contributed by atoms with Crippen molar-refractivity contribution in [3.8, 4) is 0 Å². The van der Waals surface area contributed by atoms with Crippen LogP contribution in [0.2, 0.25) is 0 Å². The average Bonchev–Trinajstić information content (AvgIpc) is 2.87. The number of carbonyl (C=O) groups is 1. The minimum Gasteiger partial charge on any atom is -0.465 e. The molecule has 0 saturated carbocycles. The van der Waals surface area contributed by atoms with Crippen LogP contribution in [0.25, 0.3) is 6.08 Å². The SMILES string of the molecule is O=C(C=Cc1ccco1)n1cccn1. The fourth-order valence-electron chi connectivity index (χ4n) is 1.02. The van der Waals surface area contributed by atoms with E-state index in [2.05, 4.69) is 5.10 Å². The molecule has 0 fully saturated rings. The maximum Gasteiger partial charge on any atom is 0.270 e. The molecule has 0 saturated heterocycles. The van der Waals surface area contributed by atoms with E-state index >= 15 is 0 Å². The summed E-state index contributed by atoms with van der Waals surface area (Å²) in [4.78, 5) is 11.4. The highest BCUT2D eigenvalue weighted by Crippen LogP contribution is 2.02. The molecule has 2 rings (SSSR count). The minimum atomic E-state index is -0.202. The Balaban J connectivity index is 2.09. The maximum atomic E-state index is 11.4. The van der Waals surface area contributed by atoms with E-state index < -0.39 is 0 Å². The lowest BCUT2D eigenvalue weighted by Gasteiger charge is -1.91. The minimum absolute atomic E-state index is 0.202. The van der Waals surface area contributed by atoms with Gasteiger partial charge in [0.2, 0.25) is 0 Å². The number of nitrogens with zero attached hydrogens (tertiary/aromatic N) is 2. The van der Waals surface area contributed by atoms with Gasteiger partial charge in [-0.25, -0.2) is 4.68 Å². The fraction of sp³-hybridized carbons (Fsp3) is 0. The van der Waals surface area contributed by atoms with Gasteiger partial charge in [0, 0.05) is 18.5 Å². The van der Waals surface area contributed by atoms with Crippen molar-refractivity contribution in [1.82, 2.24) is 9.78 Å². The van der Waals surface area contributed by atoms with Crippen molar-refractivity contribution < 1.29 is 9.21 Å². The zero-order valence-corrected chi connectivity index (χ0v) is 7.33. The van der Waals surface area contributed by atoms with Crippen molar-refractivity contribution >= 4 is 12.0 Å². The molecule has 4 nitrogen and oxygen atoms in total. The molecule has 2 heterocycles. The van der Waals surface area contributed by atoms with Crippen molar-refractivity contribution in [2.75, 3.05) is 0 Å². The molecule has 0 atom stereocenters. The molecule has 0 spiro atoms. The van der Waals surface area contributed by atoms with E-state index in [1.165, 1.54) is 10.8 Å². The molecule has 0 aliphatic carbocycles. The zero-order chi connectivity index (χ0) is 9.80. The highest BCUT2D eigenvalue weighted by molar-refractivity contribution is 5.92. The van der Waals surface area contributed by atoms with Crippen LogP contribution in [0.1, 0.15) is 10.6 Å². The Hall–Kier alpha value is -2.10. The molecule has 2 aromatic heterocycles. The molecule has 0 unspecified atom stereocenters. The highest BCUT2D eigenvalue weighted by atomic mass is 16.3. The van der Waals surface area contributed by atoms with E-state index in [1.54, 1.807) is 42.9 Å². The summed E-state index contributed by atoms with van der Waals surface area (Å²) in [7, 11) is 0. The van der Waals surface area contributed by atoms with Gasteiger partial charge in [-0.15, -0.1) is 0 Å². The molecule has 2 aromatic rings. The van der Waals surface area contributed by atoms with Crippen molar-refractivity contribution in [2.24, 2.45) is 0 Å². The Kier molecular flexibility index (Phi) is 2.27. The summed E-state index contributed by atoms with van der Waals surface area (Å²) in [5, 5.41) is 3.80. The van der Waals surface area contributed by atoms with Crippen molar-refractivity contribution in [3.05, 3.63) is 48.7 Å². The van der Waals surface area contributed by atoms with E-state index in [-0.39, 0.29) is 5.91 Å². The maximum absolute atomic E-state index is 11.4. The monoisotopic (exact) mass is 188 g/mol. The fourth-order valence-corrected chi connectivity index (χ4v) is 1.02. The Labute approximate surface area is 80.5 Å². The molecule has 0 aliphatic heterocycles. The van der Waals surface area contributed by atoms with Gasteiger partial charge in [0.15, 0.2) is 0 Å². The number of hydrogen-bond donors (Lipinski definition) is 0. The van der Waals surface area contributed by atoms with Crippen LogP contribution in [0.4, 0.5) is 0 Å². The lowest BCUT2D eigenvalue weighted by atomic mass is 10.4. The molecule has 0 radical (unpaired) electrons. The van der Waals surface area contributed by atoms with Gasteiger partial charge < -0.3 is 4.42 Å². The Bertz CT molecular complexity index is 427. The third-order valence-corrected chi connectivity index (χ3v) is 1.66. The predicted octanol–water partition coefficient (Wildman–Crippen LogP) is 1.83. The second-order valence-electron chi connectivity index (χ2n) is 2.64. The summed E-state index contributed by atoms with van der Waals surface area (Å²) >= 11 is 0. The van der Waals surface area contributed by atoms with Crippen LogP contribution in [-0.4, -0.2) is 15.7 Å². The van der Waals surface area contributed by atoms with E-state index in [1.807, 2.05) is 0 Å². The molecule has 0 N–H and O–H groups in total. The summed E-state index contributed by atoms with van der Waals surface area (Å²) in [5.74, 6) is 0.442. The molecular weight excluding hydrogens is 180 g/mol. The number of aromatic nitrogens is 2. The van der Waals surface area contributed by atoms with Gasteiger partial charge in [0.1, 0.15) is 5.76 Å². The summed E-state index contributed by atoms with van der Waals surface area (Å²) in [6, 6.07) is 5.23. The number of allylic oxidation sites excluding steroid dienone is 1. The molecule has 4 heteroatoms. The van der Waals surface area contributed by atoms with Gasteiger partial charge in [-0.3, -0.25) is 4.79 Å². The molecule has 0 aromatic carbocycles.